The van der Waals surface area contributed by atoms with Gasteiger partial charge in [-0.15, -0.1) is 0 Å². The molecular formula is C17H16BrCl2NO2. The Morgan fingerprint density at radius 1 is 1.17 bits per heavy atom. The fourth-order valence-corrected chi connectivity index (χ4v) is 2.58. The Morgan fingerprint density at radius 3 is 2.52 bits per heavy atom. The van der Waals surface area contributed by atoms with Crippen LogP contribution in [0, 0.1) is 5.92 Å². The molecule has 1 amide bonds. The molecule has 0 aliphatic carbocycles. The topological polar surface area (TPSA) is 38.3 Å². The highest BCUT2D eigenvalue weighted by molar-refractivity contribution is 9.10. The monoisotopic (exact) mass is 415 g/mol. The third kappa shape index (κ3) is 5.13. The smallest absolute Gasteiger partial charge is 0.255 e. The second-order valence-electron chi connectivity index (χ2n) is 5.43. The molecule has 6 heteroatoms. The van der Waals surface area contributed by atoms with Crippen LogP contribution in [0.15, 0.2) is 40.9 Å². The highest BCUT2D eigenvalue weighted by atomic mass is 79.9. The van der Waals surface area contributed by atoms with Gasteiger partial charge in [-0.2, -0.15) is 0 Å². The molecule has 0 aliphatic heterocycles. The summed E-state index contributed by atoms with van der Waals surface area (Å²) in [5, 5.41) is 3.61. The third-order valence-electron chi connectivity index (χ3n) is 2.94. The summed E-state index contributed by atoms with van der Waals surface area (Å²) in [7, 11) is 0. The first kappa shape index (κ1) is 18.1. The molecule has 0 fully saturated rings. The number of hydrogen-bond acceptors (Lipinski definition) is 2. The van der Waals surface area contributed by atoms with Gasteiger partial charge in [0.1, 0.15) is 5.75 Å². The number of halogens is 3. The van der Waals surface area contributed by atoms with E-state index in [1.165, 1.54) is 0 Å². The second-order valence-corrected chi connectivity index (χ2v) is 7.10. The molecule has 0 atom stereocenters. The molecule has 0 radical (unpaired) electrons. The molecule has 2 aromatic carbocycles. The third-order valence-corrected chi connectivity index (χ3v) is 4.30. The van der Waals surface area contributed by atoms with Crippen molar-refractivity contribution in [3.05, 3.63) is 56.5 Å². The first-order valence-electron chi connectivity index (χ1n) is 7.05. The average molecular weight is 417 g/mol. The van der Waals surface area contributed by atoms with Crippen LogP contribution < -0.4 is 10.1 Å². The van der Waals surface area contributed by atoms with E-state index in [4.69, 9.17) is 27.9 Å². The number of hydrogen-bond donors (Lipinski definition) is 1. The summed E-state index contributed by atoms with van der Waals surface area (Å²) in [5.74, 6) is 0.906. The summed E-state index contributed by atoms with van der Waals surface area (Å²) in [6.45, 7) is 4.77. The van der Waals surface area contributed by atoms with E-state index >= 15 is 0 Å². The maximum atomic E-state index is 12.3. The van der Waals surface area contributed by atoms with Gasteiger partial charge in [0.15, 0.2) is 0 Å². The standard InChI is InChI=1S/C17H16BrCl2NO2/c1-10(2)9-23-16-6-3-11(7-13(16)18)17(22)21-12-4-5-14(19)15(20)8-12/h3-8,10H,9H2,1-2H3,(H,21,22). The van der Waals surface area contributed by atoms with Gasteiger partial charge in [-0.25, -0.2) is 0 Å². The van der Waals surface area contributed by atoms with Gasteiger partial charge in [-0.05, 0) is 58.2 Å². The second kappa shape index (κ2) is 8.04. The number of carbonyl (C=O) groups excluding carboxylic acids is 1. The summed E-state index contributed by atoms with van der Waals surface area (Å²) >= 11 is 15.2. The van der Waals surface area contributed by atoms with Crippen LogP contribution in [-0.4, -0.2) is 12.5 Å². The molecule has 0 aromatic heterocycles. The number of ether oxygens (including phenoxy) is 1. The van der Waals surface area contributed by atoms with Crippen molar-refractivity contribution in [2.75, 3.05) is 11.9 Å². The van der Waals surface area contributed by atoms with Crippen LogP contribution in [0.3, 0.4) is 0 Å². The van der Waals surface area contributed by atoms with Crippen LogP contribution in [0.2, 0.25) is 10.0 Å². The molecule has 23 heavy (non-hydrogen) atoms. The van der Waals surface area contributed by atoms with Gasteiger partial charge < -0.3 is 10.1 Å². The van der Waals surface area contributed by atoms with Crippen molar-refractivity contribution in [3.63, 3.8) is 0 Å². The van der Waals surface area contributed by atoms with Gasteiger partial charge in [-0.3, -0.25) is 4.79 Å². The average Bonchev–Trinajstić information content (AvgIpc) is 2.49. The lowest BCUT2D eigenvalue weighted by atomic mass is 10.2. The van der Waals surface area contributed by atoms with Gasteiger partial charge in [0, 0.05) is 11.3 Å². The Kier molecular flexibility index (Phi) is 6.33. The molecule has 1 N–H and O–H groups in total. The van der Waals surface area contributed by atoms with Crippen molar-refractivity contribution < 1.29 is 9.53 Å². The van der Waals surface area contributed by atoms with E-state index in [0.717, 1.165) is 4.47 Å². The summed E-state index contributed by atoms with van der Waals surface area (Å²) < 4.78 is 6.41. The molecule has 3 nitrogen and oxygen atoms in total. The van der Waals surface area contributed by atoms with Crippen LogP contribution in [0.4, 0.5) is 5.69 Å². The molecule has 0 spiro atoms. The first-order chi connectivity index (χ1) is 10.9. The van der Waals surface area contributed by atoms with E-state index in [2.05, 4.69) is 35.1 Å². The van der Waals surface area contributed by atoms with Crippen molar-refractivity contribution in [2.24, 2.45) is 5.92 Å². The molecule has 0 bridgehead atoms. The Morgan fingerprint density at radius 2 is 1.91 bits per heavy atom. The zero-order chi connectivity index (χ0) is 17.0. The van der Waals surface area contributed by atoms with Gasteiger partial charge in [-0.1, -0.05) is 37.0 Å². The largest absolute Gasteiger partial charge is 0.492 e. The molecule has 0 saturated heterocycles. The summed E-state index contributed by atoms with van der Waals surface area (Å²) in [6, 6.07) is 10.2. The molecule has 0 saturated carbocycles. The van der Waals surface area contributed by atoms with Crippen LogP contribution in [0.1, 0.15) is 24.2 Å². The quantitative estimate of drug-likeness (QED) is 0.644. The van der Waals surface area contributed by atoms with Gasteiger partial charge >= 0.3 is 0 Å². The van der Waals surface area contributed by atoms with Crippen LogP contribution in [0.5, 0.6) is 5.75 Å². The van der Waals surface area contributed by atoms with Gasteiger partial charge in [0.05, 0.1) is 21.1 Å². The maximum absolute atomic E-state index is 12.3. The lowest BCUT2D eigenvalue weighted by molar-refractivity contribution is 0.102. The zero-order valence-corrected chi connectivity index (χ0v) is 15.8. The van der Waals surface area contributed by atoms with Crippen molar-refractivity contribution >= 4 is 50.7 Å². The molecule has 2 rings (SSSR count). The van der Waals surface area contributed by atoms with Crippen molar-refractivity contribution in [3.8, 4) is 5.75 Å². The van der Waals surface area contributed by atoms with E-state index in [-0.39, 0.29) is 5.91 Å². The minimum Gasteiger partial charge on any atom is -0.492 e. The number of nitrogens with one attached hydrogen (secondary N) is 1. The van der Waals surface area contributed by atoms with Crippen molar-refractivity contribution in [1.82, 2.24) is 0 Å². The summed E-state index contributed by atoms with van der Waals surface area (Å²) in [4.78, 5) is 12.3. The lowest BCUT2D eigenvalue weighted by Gasteiger charge is -2.12. The summed E-state index contributed by atoms with van der Waals surface area (Å²) in [6.07, 6.45) is 0. The highest BCUT2D eigenvalue weighted by Crippen LogP contribution is 2.28. The Bertz CT molecular complexity index is 720. The van der Waals surface area contributed by atoms with Crippen LogP contribution in [-0.2, 0) is 0 Å². The first-order valence-corrected chi connectivity index (χ1v) is 8.60. The van der Waals surface area contributed by atoms with E-state index in [0.29, 0.717) is 39.6 Å². The Hall–Kier alpha value is -1.23. The number of amides is 1. The number of benzene rings is 2. The molecular weight excluding hydrogens is 401 g/mol. The fourth-order valence-electron chi connectivity index (χ4n) is 1.79. The Labute approximate surface area is 154 Å². The summed E-state index contributed by atoms with van der Waals surface area (Å²) in [5.41, 5.74) is 1.10. The van der Waals surface area contributed by atoms with E-state index < -0.39 is 0 Å². The molecule has 0 unspecified atom stereocenters. The molecule has 2 aromatic rings. The highest BCUT2D eigenvalue weighted by Gasteiger charge is 2.11. The van der Waals surface area contributed by atoms with Gasteiger partial charge in [0.2, 0.25) is 0 Å². The Balaban J connectivity index is 2.10. The van der Waals surface area contributed by atoms with Crippen molar-refractivity contribution in [2.45, 2.75) is 13.8 Å². The van der Waals surface area contributed by atoms with Crippen LogP contribution >= 0.6 is 39.1 Å². The SMILES string of the molecule is CC(C)COc1ccc(C(=O)Nc2ccc(Cl)c(Cl)c2)cc1Br. The molecule has 0 aliphatic rings. The maximum Gasteiger partial charge on any atom is 0.255 e. The van der Waals surface area contributed by atoms with E-state index in [1.54, 1.807) is 36.4 Å². The van der Waals surface area contributed by atoms with E-state index in [9.17, 15) is 4.79 Å². The fraction of sp³-hybridized carbons (Fsp3) is 0.235. The van der Waals surface area contributed by atoms with Crippen LogP contribution in [0.25, 0.3) is 0 Å². The van der Waals surface area contributed by atoms with Gasteiger partial charge in [0.25, 0.3) is 5.91 Å². The minimum atomic E-state index is -0.237. The number of anilines is 1. The molecule has 0 heterocycles. The van der Waals surface area contributed by atoms with E-state index in [1.807, 2.05) is 0 Å². The minimum absolute atomic E-state index is 0.237. The van der Waals surface area contributed by atoms with Crippen molar-refractivity contribution in [1.29, 1.82) is 0 Å². The molecule has 122 valence electrons. The lowest BCUT2D eigenvalue weighted by Crippen LogP contribution is -2.12. The number of rotatable bonds is 5. The number of carbonyl (C=O) groups is 1. The predicted molar refractivity (Wildman–Crippen MR) is 98.9 cm³/mol. The normalized spacial score (nSPS) is 10.7. The predicted octanol–water partition coefficient (Wildman–Crippen LogP) is 6.04. The zero-order valence-electron chi connectivity index (χ0n) is 12.7.